The standard InChI is InChI=1S/C11H8N2O5/c14-8-7(9(15)13-11(18)12-8)5-2-1-3-6(4-5)10(16)17/h1-4,7H,(H,16,17)(H2,12,13,14,15,18). The van der Waals surface area contributed by atoms with Crippen molar-refractivity contribution in [2.75, 3.05) is 0 Å². The van der Waals surface area contributed by atoms with Crippen LogP contribution in [0, 0.1) is 0 Å². The van der Waals surface area contributed by atoms with Crippen molar-refractivity contribution in [3.63, 3.8) is 0 Å². The van der Waals surface area contributed by atoms with E-state index in [-0.39, 0.29) is 11.1 Å². The summed E-state index contributed by atoms with van der Waals surface area (Å²) in [6.07, 6.45) is 0. The molecular formula is C11H8N2O5. The molecule has 92 valence electrons. The maximum Gasteiger partial charge on any atom is 0.335 e. The van der Waals surface area contributed by atoms with Gasteiger partial charge in [0.15, 0.2) is 0 Å². The molecule has 1 aromatic carbocycles. The van der Waals surface area contributed by atoms with Crippen LogP contribution in [-0.2, 0) is 9.59 Å². The van der Waals surface area contributed by atoms with Crippen LogP contribution < -0.4 is 10.6 Å². The van der Waals surface area contributed by atoms with Crippen LogP contribution in [0.4, 0.5) is 4.79 Å². The minimum Gasteiger partial charge on any atom is -0.478 e. The fourth-order valence-electron chi connectivity index (χ4n) is 1.67. The molecule has 3 N–H and O–H groups in total. The minimum atomic E-state index is -1.22. The molecule has 0 atom stereocenters. The summed E-state index contributed by atoms with van der Waals surface area (Å²) in [5.41, 5.74) is 0.183. The fourth-order valence-corrected chi connectivity index (χ4v) is 1.67. The summed E-state index contributed by atoms with van der Waals surface area (Å²) in [5.74, 6) is -3.93. The first-order valence-corrected chi connectivity index (χ1v) is 4.98. The third-order valence-corrected chi connectivity index (χ3v) is 2.46. The zero-order chi connectivity index (χ0) is 13.3. The molecule has 0 bridgehead atoms. The van der Waals surface area contributed by atoms with Crippen molar-refractivity contribution in [2.45, 2.75) is 5.92 Å². The number of amides is 4. The van der Waals surface area contributed by atoms with Crippen molar-refractivity contribution in [3.05, 3.63) is 35.4 Å². The van der Waals surface area contributed by atoms with Gasteiger partial charge in [-0.05, 0) is 17.7 Å². The molecule has 2 rings (SSSR count). The number of hydrogen-bond donors (Lipinski definition) is 3. The monoisotopic (exact) mass is 248 g/mol. The molecule has 1 aliphatic heterocycles. The number of barbiturate groups is 1. The third kappa shape index (κ3) is 2.05. The number of nitrogens with one attached hydrogen (secondary N) is 2. The quantitative estimate of drug-likeness (QED) is 0.629. The molecule has 18 heavy (non-hydrogen) atoms. The van der Waals surface area contributed by atoms with Gasteiger partial charge in [-0.2, -0.15) is 0 Å². The lowest BCUT2D eigenvalue weighted by Gasteiger charge is -2.20. The molecule has 0 radical (unpaired) electrons. The zero-order valence-electron chi connectivity index (χ0n) is 8.97. The number of hydrogen-bond acceptors (Lipinski definition) is 4. The zero-order valence-corrected chi connectivity index (χ0v) is 8.97. The first-order chi connectivity index (χ1) is 8.49. The van der Waals surface area contributed by atoms with E-state index in [0.717, 1.165) is 0 Å². The molecule has 7 nitrogen and oxygen atoms in total. The number of urea groups is 1. The average Bonchev–Trinajstić information content (AvgIpc) is 2.28. The van der Waals surface area contributed by atoms with Gasteiger partial charge in [0, 0.05) is 0 Å². The predicted molar refractivity (Wildman–Crippen MR) is 57.8 cm³/mol. The number of aromatic carboxylic acids is 1. The number of carbonyl (C=O) groups excluding carboxylic acids is 3. The number of rotatable bonds is 2. The Morgan fingerprint density at radius 3 is 2.28 bits per heavy atom. The van der Waals surface area contributed by atoms with E-state index in [4.69, 9.17) is 5.11 Å². The Labute approximate surface area is 101 Å². The van der Waals surface area contributed by atoms with E-state index in [1.165, 1.54) is 24.3 Å². The van der Waals surface area contributed by atoms with Gasteiger partial charge in [0.1, 0.15) is 5.92 Å². The molecule has 1 aliphatic rings. The van der Waals surface area contributed by atoms with Crippen LogP contribution in [0.3, 0.4) is 0 Å². The molecular weight excluding hydrogens is 240 g/mol. The van der Waals surface area contributed by atoms with Crippen molar-refractivity contribution in [3.8, 4) is 0 Å². The van der Waals surface area contributed by atoms with Crippen LogP contribution in [0.1, 0.15) is 21.8 Å². The molecule has 0 aliphatic carbocycles. The first-order valence-electron chi connectivity index (χ1n) is 4.98. The molecule has 1 heterocycles. The number of carboxylic acids is 1. The maximum absolute atomic E-state index is 11.6. The maximum atomic E-state index is 11.6. The van der Waals surface area contributed by atoms with E-state index >= 15 is 0 Å². The van der Waals surface area contributed by atoms with Crippen LogP contribution in [-0.4, -0.2) is 28.9 Å². The number of carbonyl (C=O) groups is 4. The van der Waals surface area contributed by atoms with Gasteiger partial charge in [0.05, 0.1) is 5.56 Å². The van der Waals surface area contributed by atoms with E-state index in [1.54, 1.807) is 0 Å². The lowest BCUT2D eigenvalue weighted by atomic mass is 9.94. The lowest BCUT2D eigenvalue weighted by molar-refractivity contribution is -0.132. The normalized spacial score (nSPS) is 16.1. The highest BCUT2D eigenvalue weighted by Gasteiger charge is 2.35. The second-order valence-corrected chi connectivity index (χ2v) is 3.67. The number of imide groups is 2. The lowest BCUT2D eigenvalue weighted by Crippen LogP contribution is -2.54. The van der Waals surface area contributed by atoms with Crippen molar-refractivity contribution in [2.24, 2.45) is 0 Å². The molecule has 1 fully saturated rings. The summed E-state index contributed by atoms with van der Waals surface area (Å²) in [6, 6.07) is 4.56. The summed E-state index contributed by atoms with van der Waals surface area (Å²) in [6.45, 7) is 0. The fraction of sp³-hybridized carbons (Fsp3) is 0.0909. The molecule has 0 spiro atoms. The third-order valence-electron chi connectivity index (χ3n) is 2.46. The van der Waals surface area contributed by atoms with Gasteiger partial charge < -0.3 is 5.11 Å². The van der Waals surface area contributed by atoms with Crippen molar-refractivity contribution in [1.29, 1.82) is 0 Å². The molecule has 1 aromatic rings. The van der Waals surface area contributed by atoms with E-state index in [2.05, 4.69) is 0 Å². The Morgan fingerprint density at radius 2 is 1.72 bits per heavy atom. The van der Waals surface area contributed by atoms with Crippen LogP contribution in [0.25, 0.3) is 0 Å². The Bertz CT molecular complexity index is 546. The van der Waals surface area contributed by atoms with Gasteiger partial charge in [-0.3, -0.25) is 20.2 Å². The molecule has 7 heteroatoms. The Kier molecular flexibility index (Phi) is 2.80. The number of benzene rings is 1. The SMILES string of the molecule is O=C1NC(=O)C(c2cccc(C(=O)O)c2)C(=O)N1. The topological polar surface area (TPSA) is 113 Å². The van der Waals surface area contributed by atoms with E-state index in [0.29, 0.717) is 0 Å². The highest BCUT2D eigenvalue weighted by Crippen LogP contribution is 2.19. The Balaban J connectivity index is 2.39. The van der Waals surface area contributed by atoms with Gasteiger partial charge in [0.2, 0.25) is 11.8 Å². The second kappa shape index (κ2) is 4.28. The van der Waals surface area contributed by atoms with Crippen molar-refractivity contribution < 1.29 is 24.3 Å². The van der Waals surface area contributed by atoms with Crippen LogP contribution in [0.15, 0.2) is 24.3 Å². The molecule has 0 aromatic heterocycles. The first kappa shape index (κ1) is 11.8. The highest BCUT2D eigenvalue weighted by molar-refractivity contribution is 6.19. The van der Waals surface area contributed by atoms with Crippen molar-refractivity contribution in [1.82, 2.24) is 10.6 Å². The summed E-state index contributed by atoms with van der Waals surface area (Å²) in [7, 11) is 0. The predicted octanol–water partition coefficient (Wildman–Crippen LogP) is -0.166. The summed E-state index contributed by atoms with van der Waals surface area (Å²) in [5, 5.41) is 12.7. The van der Waals surface area contributed by atoms with Crippen LogP contribution in [0.2, 0.25) is 0 Å². The van der Waals surface area contributed by atoms with Gasteiger partial charge in [-0.15, -0.1) is 0 Å². The summed E-state index contributed by atoms with van der Waals surface area (Å²) >= 11 is 0. The molecule has 0 unspecified atom stereocenters. The van der Waals surface area contributed by atoms with Crippen molar-refractivity contribution >= 4 is 23.8 Å². The largest absolute Gasteiger partial charge is 0.478 e. The van der Waals surface area contributed by atoms with Gasteiger partial charge in [-0.25, -0.2) is 9.59 Å². The Hall–Kier alpha value is -2.70. The van der Waals surface area contributed by atoms with Gasteiger partial charge in [0.25, 0.3) is 0 Å². The summed E-state index contributed by atoms with van der Waals surface area (Å²) in [4.78, 5) is 44.8. The average molecular weight is 248 g/mol. The molecule has 0 saturated carbocycles. The van der Waals surface area contributed by atoms with Crippen LogP contribution in [0.5, 0.6) is 0 Å². The minimum absolute atomic E-state index is 0.0370. The van der Waals surface area contributed by atoms with E-state index in [9.17, 15) is 19.2 Å². The number of carboxylic acid groups (broad SMARTS) is 1. The summed E-state index contributed by atoms with van der Waals surface area (Å²) < 4.78 is 0. The molecule has 4 amide bonds. The second-order valence-electron chi connectivity index (χ2n) is 3.67. The highest BCUT2D eigenvalue weighted by atomic mass is 16.4. The Morgan fingerprint density at radius 1 is 1.11 bits per heavy atom. The van der Waals surface area contributed by atoms with E-state index < -0.39 is 29.7 Å². The van der Waals surface area contributed by atoms with Gasteiger partial charge in [-0.1, -0.05) is 12.1 Å². The van der Waals surface area contributed by atoms with E-state index in [1.807, 2.05) is 10.6 Å². The van der Waals surface area contributed by atoms with Gasteiger partial charge >= 0.3 is 12.0 Å². The smallest absolute Gasteiger partial charge is 0.335 e. The molecule has 1 saturated heterocycles. The van der Waals surface area contributed by atoms with Crippen LogP contribution >= 0.6 is 0 Å².